The normalized spacial score (nSPS) is 20.9. The first-order chi connectivity index (χ1) is 8.79. The number of hydrogen-bond acceptors (Lipinski definition) is 3. The molecule has 0 spiro atoms. The molecule has 2 rings (SSSR count). The molecular formula is C15H23NOS. The monoisotopic (exact) mass is 265 g/mol. The summed E-state index contributed by atoms with van der Waals surface area (Å²) in [6.45, 7) is 5.40. The zero-order valence-electron chi connectivity index (χ0n) is 11.4. The SMILES string of the molecule is CSc1ccc(OCCN2CCCC[C@@H]2C)cc1. The molecule has 2 nitrogen and oxygen atoms in total. The Hall–Kier alpha value is -0.670. The molecule has 100 valence electrons. The molecule has 0 bridgehead atoms. The summed E-state index contributed by atoms with van der Waals surface area (Å²) in [5, 5.41) is 0. The van der Waals surface area contributed by atoms with Gasteiger partial charge in [-0.1, -0.05) is 6.42 Å². The first-order valence-corrected chi connectivity index (χ1v) is 8.03. The highest BCUT2D eigenvalue weighted by atomic mass is 32.2. The predicted molar refractivity (Wildman–Crippen MR) is 78.6 cm³/mol. The maximum absolute atomic E-state index is 5.81. The van der Waals surface area contributed by atoms with Gasteiger partial charge in [0.2, 0.25) is 0 Å². The van der Waals surface area contributed by atoms with Crippen LogP contribution in [-0.2, 0) is 0 Å². The van der Waals surface area contributed by atoms with E-state index in [2.05, 4.69) is 42.3 Å². The van der Waals surface area contributed by atoms with E-state index in [0.717, 1.165) is 24.9 Å². The maximum atomic E-state index is 5.81. The minimum atomic E-state index is 0.723. The van der Waals surface area contributed by atoms with Crippen LogP contribution in [0.2, 0.25) is 0 Å². The zero-order valence-corrected chi connectivity index (χ0v) is 12.2. The van der Waals surface area contributed by atoms with E-state index in [9.17, 15) is 0 Å². The summed E-state index contributed by atoms with van der Waals surface area (Å²) in [4.78, 5) is 3.83. The van der Waals surface area contributed by atoms with Crippen molar-refractivity contribution in [2.24, 2.45) is 0 Å². The van der Waals surface area contributed by atoms with E-state index < -0.39 is 0 Å². The number of benzene rings is 1. The van der Waals surface area contributed by atoms with E-state index in [1.165, 1.54) is 30.7 Å². The summed E-state index contributed by atoms with van der Waals surface area (Å²) >= 11 is 1.76. The molecule has 1 saturated heterocycles. The lowest BCUT2D eigenvalue weighted by Crippen LogP contribution is -2.39. The van der Waals surface area contributed by atoms with Crippen molar-refractivity contribution < 1.29 is 4.74 Å². The lowest BCUT2D eigenvalue weighted by atomic mass is 10.0. The van der Waals surface area contributed by atoms with Crippen LogP contribution in [0.3, 0.4) is 0 Å². The Morgan fingerprint density at radius 1 is 1.28 bits per heavy atom. The van der Waals surface area contributed by atoms with Gasteiger partial charge in [-0.05, 0) is 56.8 Å². The van der Waals surface area contributed by atoms with Crippen molar-refractivity contribution in [2.45, 2.75) is 37.1 Å². The third-order valence-corrected chi connectivity index (χ3v) is 4.39. The van der Waals surface area contributed by atoms with Gasteiger partial charge in [-0.3, -0.25) is 4.90 Å². The molecular weight excluding hydrogens is 242 g/mol. The molecule has 18 heavy (non-hydrogen) atoms. The van der Waals surface area contributed by atoms with E-state index in [4.69, 9.17) is 4.74 Å². The van der Waals surface area contributed by atoms with E-state index in [0.29, 0.717) is 0 Å². The number of nitrogens with zero attached hydrogens (tertiary/aromatic N) is 1. The number of ether oxygens (including phenoxy) is 1. The van der Waals surface area contributed by atoms with Crippen molar-refractivity contribution in [3.8, 4) is 5.75 Å². The summed E-state index contributed by atoms with van der Waals surface area (Å²) in [6.07, 6.45) is 6.15. The van der Waals surface area contributed by atoms with Crippen molar-refractivity contribution in [3.05, 3.63) is 24.3 Å². The second-order valence-corrected chi connectivity index (χ2v) is 5.78. The van der Waals surface area contributed by atoms with Crippen LogP contribution in [0.4, 0.5) is 0 Å². The van der Waals surface area contributed by atoms with E-state index in [-0.39, 0.29) is 0 Å². The van der Waals surface area contributed by atoms with Gasteiger partial charge in [0.1, 0.15) is 12.4 Å². The smallest absolute Gasteiger partial charge is 0.119 e. The summed E-state index contributed by atoms with van der Waals surface area (Å²) in [5.74, 6) is 0.984. The van der Waals surface area contributed by atoms with Gasteiger partial charge in [-0.15, -0.1) is 11.8 Å². The van der Waals surface area contributed by atoms with Crippen LogP contribution in [0.25, 0.3) is 0 Å². The molecule has 0 saturated carbocycles. The second-order valence-electron chi connectivity index (χ2n) is 4.90. The summed E-state index contributed by atoms with van der Waals surface area (Å²) in [5.41, 5.74) is 0. The fraction of sp³-hybridized carbons (Fsp3) is 0.600. The van der Waals surface area contributed by atoms with Crippen molar-refractivity contribution in [1.29, 1.82) is 0 Å². The molecule has 1 fully saturated rings. The van der Waals surface area contributed by atoms with Gasteiger partial charge in [0, 0.05) is 17.5 Å². The van der Waals surface area contributed by atoms with Crippen molar-refractivity contribution in [3.63, 3.8) is 0 Å². The third kappa shape index (κ3) is 3.92. The Balaban J connectivity index is 1.73. The molecule has 1 aromatic rings. The average molecular weight is 265 g/mol. The molecule has 0 amide bonds. The second kappa shape index (κ2) is 7.05. The van der Waals surface area contributed by atoms with Gasteiger partial charge in [0.15, 0.2) is 0 Å². The van der Waals surface area contributed by atoms with Gasteiger partial charge in [-0.25, -0.2) is 0 Å². The standard InChI is InChI=1S/C15H23NOS/c1-13-5-3-4-10-16(13)11-12-17-14-6-8-15(18-2)9-7-14/h6-9,13H,3-5,10-12H2,1-2H3/t13-/m0/s1. The number of piperidine rings is 1. The van der Waals surface area contributed by atoms with Crippen LogP contribution in [0.1, 0.15) is 26.2 Å². The Morgan fingerprint density at radius 2 is 2.06 bits per heavy atom. The summed E-state index contributed by atoms with van der Waals surface area (Å²) in [7, 11) is 0. The lowest BCUT2D eigenvalue weighted by molar-refractivity contribution is 0.133. The first-order valence-electron chi connectivity index (χ1n) is 6.80. The molecule has 1 aliphatic heterocycles. The number of rotatable bonds is 5. The van der Waals surface area contributed by atoms with Crippen LogP contribution >= 0.6 is 11.8 Å². The topological polar surface area (TPSA) is 12.5 Å². The van der Waals surface area contributed by atoms with Gasteiger partial charge in [-0.2, -0.15) is 0 Å². The van der Waals surface area contributed by atoms with Crippen molar-refractivity contribution in [1.82, 2.24) is 4.90 Å². The molecule has 0 radical (unpaired) electrons. The number of thioether (sulfide) groups is 1. The number of hydrogen-bond donors (Lipinski definition) is 0. The zero-order chi connectivity index (χ0) is 12.8. The highest BCUT2D eigenvalue weighted by Crippen LogP contribution is 2.19. The molecule has 3 heteroatoms. The minimum absolute atomic E-state index is 0.723. The van der Waals surface area contributed by atoms with Gasteiger partial charge in [0.25, 0.3) is 0 Å². The third-order valence-electron chi connectivity index (χ3n) is 3.65. The minimum Gasteiger partial charge on any atom is -0.492 e. The largest absolute Gasteiger partial charge is 0.492 e. The average Bonchev–Trinajstić information content (AvgIpc) is 2.42. The van der Waals surface area contributed by atoms with Crippen LogP contribution in [0.15, 0.2) is 29.2 Å². The van der Waals surface area contributed by atoms with Crippen LogP contribution in [0.5, 0.6) is 5.75 Å². The lowest BCUT2D eigenvalue weighted by Gasteiger charge is -2.33. The highest BCUT2D eigenvalue weighted by molar-refractivity contribution is 7.98. The predicted octanol–water partition coefficient (Wildman–Crippen LogP) is 3.66. The Labute approximate surface area is 115 Å². The maximum Gasteiger partial charge on any atom is 0.119 e. The van der Waals surface area contributed by atoms with E-state index >= 15 is 0 Å². The fourth-order valence-electron chi connectivity index (χ4n) is 2.44. The van der Waals surface area contributed by atoms with Gasteiger partial charge >= 0.3 is 0 Å². The molecule has 0 unspecified atom stereocenters. The molecule has 1 heterocycles. The van der Waals surface area contributed by atoms with Gasteiger partial charge < -0.3 is 4.74 Å². The fourth-order valence-corrected chi connectivity index (χ4v) is 2.85. The molecule has 0 aliphatic carbocycles. The van der Waals surface area contributed by atoms with E-state index in [1.807, 2.05) is 0 Å². The highest BCUT2D eigenvalue weighted by Gasteiger charge is 2.17. The van der Waals surface area contributed by atoms with Gasteiger partial charge in [0.05, 0.1) is 0 Å². The molecule has 0 aromatic heterocycles. The summed E-state index contributed by atoms with van der Waals surface area (Å²) < 4.78 is 5.81. The quantitative estimate of drug-likeness (QED) is 0.754. The van der Waals surface area contributed by atoms with Crippen molar-refractivity contribution in [2.75, 3.05) is 26.0 Å². The van der Waals surface area contributed by atoms with Crippen LogP contribution in [0, 0.1) is 0 Å². The summed E-state index contributed by atoms with van der Waals surface area (Å²) in [6, 6.07) is 9.07. The molecule has 1 aromatic carbocycles. The number of likely N-dealkylation sites (tertiary alicyclic amines) is 1. The molecule has 1 aliphatic rings. The molecule has 1 atom stereocenters. The van der Waals surface area contributed by atoms with Crippen LogP contribution in [-0.4, -0.2) is 36.9 Å². The Morgan fingerprint density at radius 3 is 2.72 bits per heavy atom. The Kier molecular flexibility index (Phi) is 5.39. The molecule has 0 N–H and O–H groups in total. The van der Waals surface area contributed by atoms with Crippen LogP contribution < -0.4 is 4.74 Å². The van der Waals surface area contributed by atoms with E-state index in [1.54, 1.807) is 11.8 Å². The first kappa shape index (κ1) is 13.8. The Bertz CT molecular complexity index is 352. The van der Waals surface area contributed by atoms with Crippen molar-refractivity contribution >= 4 is 11.8 Å².